The molecule has 0 heterocycles. The highest BCUT2D eigenvalue weighted by molar-refractivity contribution is 5.92. The molecule has 0 radical (unpaired) electrons. The first-order valence-corrected chi connectivity index (χ1v) is 8.85. The van der Waals surface area contributed by atoms with E-state index in [0.29, 0.717) is 6.54 Å². The molecule has 0 atom stereocenters. The molecule has 0 bridgehead atoms. The molecule has 0 aliphatic rings. The number of hydrogen-bond acceptors (Lipinski definition) is 5. The molecule has 29 heavy (non-hydrogen) atoms. The Balaban J connectivity index is 2.43. The van der Waals surface area contributed by atoms with Crippen LogP contribution in [0.25, 0.3) is 0 Å². The van der Waals surface area contributed by atoms with Crippen molar-refractivity contribution < 1.29 is 32.3 Å². The average molecular weight is 418 g/mol. The predicted molar refractivity (Wildman–Crippen MR) is 100 cm³/mol. The molecule has 0 fully saturated rings. The highest BCUT2D eigenvalue weighted by Crippen LogP contribution is 2.23. The summed E-state index contributed by atoms with van der Waals surface area (Å²) in [6.45, 7) is 2.17. The fourth-order valence-corrected chi connectivity index (χ4v) is 2.22. The van der Waals surface area contributed by atoms with Crippen molar-refractivity contribution in [3.05, 3.63) is 24.3 Å². The number of rotatable bonds is 10. The van der Waals surface area contributed by atoms with Gasteiger partial charge in [0.2, 0.25) is 17.7 Å². The molecule has 162 valence electrons. The average Bonchev–Trinajstić information content (AvgIpc) is 2.60. The Hall–Kier alpha value is -2.82. The van der Waals surface area contributed by atoms with E-state index in [1.54, 1.807) is 7.05 Å². The number of carbonyl (C=O) groups excluding carboxylic acids is 3. The summed E-state index contributed by atoms with van der Waals surface area (Å²) < 4.78 is 40.1. The summed E-state index contributed by atoms with van der Waals surface area (Å²) in [6.07, 6.45) is -4.00. The minimum absolute atomic E-state index is 0.0782. The van der Waals surface area contributed by atoms with Gasteiger partial charge in [-0.25, -0.2) is 0 Å². The molecule has 0 aliphatic heterocycles. The Labute approximate surface area is 167 Å². The fourth-order valence-electron chi connectivity index (χ4n) is 2.22. The highest BCUT2D eigenvalue weighted by Gasteiger charge is 2.31. The van der Waals surface area contributed by atoms with E-state index in [1.165, 1.54) is 29.0 Å². The number of benzene rings is 1. The lowest BCUT2D eigenvalue weighted by molar-refractivity contribution is -0.274. The second-order valence-corrected chi connectivity index (χ2v) is 6.39. The molecule has 1 rings (SSSR count). The molecule has 0 unspecified atom stereocenters. The zero-order valence-corrected chi connectivity index (χ0v) is 16.5. The minimum atomic E-state index is -4.79. The summed E-state index contributed by atoms with van der Waals surface area (Å²) in [7, 11) is 3.05. The standard InChI is InChI=1S/C18H25F3N4O4/c1-4-9-22-15(26)11-25(3)17(28)12-24(2)10-16(27)23-13-5-7-14(8-6-13)29-18(19,20)21/h5-8H,4,9-12H2,1-3H3,(H,22,26)(H,23,27). The maximum Gasteiger partial charge on any atom is 0.573 e. The molecule has 8 nitrogen and oxygen atoms in total. The first kappa shape index (κ1) is 24.2. The zero-order valence-electron chi connectivity index (χ0n) is 16.5. The van der Waals surface area contributed by atoms with Crippen molar-refractivity contribution in [1.82, 2.24) is 15.1 Å². The summed E-state index contributed by atoms with van der Waals surface area (Å²) in [5.74, 6) is -1.45. The van der Waals surface area contributed by atoms with Gasteiger partial charge in [-0.05, 0) is 37.7 Å². The lowest BCUT2D eigenvalue weighted by atomic mass is 10.3. The molecule has 11 heteroatoms. The summed E-state index contributed by atoms with van der Waals surface area (Å²) in [4.78, 5) is 38.5. The first-order chi connectivity index (χ1) is 13.5. The van der Waals surface area contributed by atoms with Crippen LogP contribution in [0, 0.1) is 0 Å². The van der Waals surface area contributed by atoms with E-state index in [4.69, 9.17) is 0 Å². The van der Waals surface area contributed by atoms with Crippen LogP contribution in [0.4, 0.5) is 18.9 Å². The molecule has 0 saturated heterocycles. The van der Waals surface area contributed by atoms with Gasteiger partial charge in [0, 0.05) is 19.3 Å². The lowest BCUT2D eigenvalue weighted by Crippen LogP contribution is -2.43. The van der Waals surface area contributed by atoms with Crippen LogP contribution in [0.5, 0.6) is 5.75 Å². The Kier molecular flexibility index (Phi) is 9.39. The van der Waals surface area contributed by atoms with Gasteiger partial charge >= 0.3 is 6.36 Å². The third-order valence-corrected chi connectivity index (χ3v) is 3.57. The quantitative estimate of drug-likeness (QED) is 0.600. The van der Waals surface area contributed by atoms with Crippen molar-refractivity contribution in [3.8, 4) is 5.75 Å². The summed E-state index contributed by atoms with van der Waals surface area (Å²) in [6, 6.07) is 4.70. The van der Waals surface area contributed by atoms with Gasteiger partial charge in [-0.1, -0.05) is 6.92 Å². The van der Waals surface area contributed by atoms with E-state index in [1.807, 2.05) is 6.92 Å². The number of nitrogens with zero attached hydrogens (tertiary/aromatic N) is 2. The molecule has 0 spiro atoms. The number of ether oxygens (including phenoxy) is 1. The minimum Gasteiger partial charge on any atom is -0.406 e. The monoisotopic (exact) mass is 418 g/mol. The van der Waals surface area contributed by atoms with Crippen molar-refractivity contribution >= 4 is 23.4 Å². The maximum absolute atomic E-state index is 12.1. The molecule has 0 aliphatic carbocycles. The predicted octanol–water partition coefficient (Wildman–Crippen LogP) is 1.44. The van der Waals surface area contributed by atoms with Crippen molar-refractivity contribution in [2.75, 3.05) is 45.6 Å². The largest absolute Gasteiger partial charge is 0.573 e. The second kappa shape index (κ2) is 11.2. The van der Waals surface area contributed by atoms with E-state index in [0.717, 1.165) is 18.6 Å². The summed E-state index contributed by atoms with van der Waals surface area (Å²) in [5, 5.41) is 5.18. The number of carbonyl (C=O) groups is 3. The maximum atomic E-state index is 12.1. The van der Waals surface area contributed by atoms with Crippen molar-refractivity contribution in [2.24, 2.45) is 0 Å². The van der Waals surface area contributed by atoms with Crippen LogP contribution < -0.4 is 15.4 Å². The van der Waals surface area contributed by atoms with Gasteiger partial charge in [-0.3, -0.25) is 19.3 Å². The second-order valence-electron chi connectivity index (χ2n) is 6.39. The highest BCUT2D eigenvalue weighted by atomic mass is 19.4. The van der Waals surface area contributed by atoms with Crippen LogP contribution >= 0.6 is 0 Å². The van der Waals surface area contributed by atoms with Crippen molar-refractivity contribution in [2.45, 2.75) is 19.7 Å². The number of likely N-dealkylation sites (N-methyl/N-ethyl adjacent to an activating group) is 2. The third kappa shape index (κ3) is 10.3. The van der Waals surface area contributed by atoms with Gasteiger partial charge in [0.05, 0.1) is 19.6 Å². The summed E-state index contributed by atoms with van der Waals surface area (Å²) >= 11 is 0. The molecule has 3 amide bonds. The molecular weight excluding hydrogens is 393 g/mol. The first-order valence-electron chi connectivity index (χ1n) is 8.85. The SMILES string of the molecule is CCCNC(=O)CN(C)C(=O)CN(C)CC(=O)Nc1ccc(OC(F)(F)F)cc1. The van der Waals surface area contributed by atoms with Crippen LogP contribution in [-0.4, -0.2) is 74.2 Å². The molecule has 2 N–H and O–H groups in total. The number of hydrogen-bond donors (Lipinski definition) is 2. The van der Waals surface area contributed by atoms with E-state index >= 15 is 0 Å². The van der Waals surface area contributed by atoms with Crippen LogP contribution in [-0.2, 0) is 14.4 Å². The Bertz CT molecular complexity index is 695. The normalized spacial score (nSPS) is 11.1. The molecule has 0 aromatic heterocycles. The van der Waals surface area contributed by atoms with Gasteiger partial charge in [0.25, 0.3) is 0 Å². The third-order valence-electron chi connectivity index (χ3n) is 3.57. The number of alkyl halides is 3. The molecule has 0 saturated carbocycles. The zero-order chi connectivity index (χ0) is 22.0. The van der Waals surface area contributed by atoms with Gasteiger partial charge in [-0.15, -0.1) is 13.2 Å². The summed E-state index contributed by atoms with van der Waals surface area (Å²) in [5.41, 5.74) is 0.286. The molecule has 1 aromatic carbocycles. The lowest BCUT2D eigenvalue weighted by Gasteiger charge is -2.21. The topological polar surface area (TPSA) is 91.0 Å². The van der Waals surface area contributed by atoms with Gasteiger partial charge < -0.3 is 20.3 Å². The molecule has 1 aromatic rings. The van der Waals surface area contributed by atoms with Crippen molar-refractivity contribution in [3.63, 3.8) is 0 Å². The van der Waals surface area contributed by atoms with Gasteiger partial charge in [0.1, 0.15) is 5.75 Å². The van der Waals surface area contributed by atoms with E-state index in [9.17, 15) is 27.6 Å². The Morgan fingerprint density at radius 3 is 2.17 bits per heavy atom. The van der Waals surface area contributed by atoms with Crippen LogP contribution in [0.1, 0.15) is 13.3 Å². The fraction of sp³-hybridized carbons (Fsp3) is 0.500. The van der Waals surface area contributed by atoms with Crippen molar-refractivity contribution in [1.29, 1.82) is 0 Å². The van der Waals surface area contributed by atoms with E-state index < -0.39 is 18.0 Å². The van der Waals surface area contributed by atoms with Crippen LogP contribution in [0.2, 0.25) is 0 Å². The van der Waals surface area contributed by atoms with E-state index in [2.05, 4.69) is 15.4 Å². The Morgan fingerprint density at radius 2 is 1.62 bits per heavy atom. The number of amides is 3. The van der Waals surface area contributed by atoms with Crippen LogP contribution in [0.3, 0.4) is 0 Å². The van der Waals surface area contributed by atoms with E-state index in [-0.39, 0.29) is 37.1 Å². The van der Waals surface area contributed by atoms with Gasteiger partial charge in [-0.2, -0.15) is 0 Å². The number of anilines is 1. The Morgan fingerprint density at radius 1 is 1.00 bits per heavy atom. The number of nitrogens with one attached hydrogen (secondary N) is 2. The smallest absolute Gasteiger partial charge is 0.406 e. The number of halogens is 3. The van der Waals surface area contributed by atoms with Gasteiger partial charge in [0.15, 0.2) is 0 Å². The van der Waals surface area contributed by atoms with Crippen LogP contribution in [0.15, 0.2) is 24.3 Å². The molecular formula is C18H25F3N4O4.